The number of aromatic hydroxyl groups is 1. The van der Waals surface area contributed by atoms with Crippen LogP contribution in [0.1, 0.15) is 54.4 Å². The third-order valence-corrected chi connectivity index (χ3v) is 10.8. The average Bonchev–Trinajstić information content (AvgIpc) is 3.45. The summed E-state index contributed by atoms with van der Waals surface area (Å²) in [6.07, 6.45) is 5.38. The number of phenolic OH excluding ortho intramolecular Hbond substituents is 1. The van der Waals surface area contributed by atoms with Crippen molar-refractivity contribution >= 4 is 29.3 Å². The maximum Gasteiger partial charge on any atom is 0.260 e. The van der Waals surface area contributed by atoms with Crippen LogP contribution in [0, 0.1) is 30.6 Å². The van der Waals surface area contributed by atoms with Crippen LogP contribution in [0.25, 0.3) is 0 Å². The first-order chi connectivity index (χ1) is 22.7. The minimum absolute atomic E-state index is 0.0433. The summed E-state index contributed by atoms with van der Waals surface area (Å²) in [6.45, 7) is 8.11. The van der Waals surface area contributed by atoms with Crippen LogP contribution in [0.4, 0.5) is 5.69 Å². The van der Waals surface area contributed by atoms with E-state index in [-0.39, 0.29) is 24.0 Å². The Morgan fingerprint density at radius 3 is 2.38 bits per heavy atom. The molecule has 2 saturated heterocycles. The molecule has 8 nitrogen and oxygen atoms in total. The van der Waals surface area contributed by atoms with Crippen LogP contribution in [0.3, 0.4) is 0 Å². The molecule has 3 fully saturated rings. The van der Waals surface area contributed by atoms with Crippen LogP contribution in [0.5, 0.6) is 5.75 Å². The van der Waals surface area contributed by atoms with Crippen molar-refractivity contribution in [1.82, 2.24) is 9.91 Å². The number of hydrazine groups is 1. The predicted molar refractivity (Wildman–Crippen MR) is 178 cm³/mol. The highest BCUT2D eigenvalue weighted by Gasteiger charge is 2.70. The molecule has 2 heterocycles. The fourth-order valence-electron chi connectivity index (χ4n) is 8.77. The average molecular weight is 630 g/mol. The van der Waals surface area contributed by atoms with Crippen LogP contribution >= 0.6 is 0 Å². The lowest BCUT2D eigenvalue weighted by Gasteiger charge is -2.50. The number of anilines is 1. The Labute approximate surface area is 274 Å². The lowest BCUT2D eigenvalue weighted by atomic mass is 9.49. The van der Waals surface area contributed by atoms with E-state index in [1.165, 1.54) is 4.90 Å². The van der Waals surface area contributed by atoms with Crippen LogP contribution in [-0.4, -0.2) is 45.2 Å². The summed E-state index contributed by atoms with van der Waals surface area (Å²) < 4.78 is 0. The number of nitrogens with zero attached hydrogens (tertiary/aromatic N) is 2. The van der Waals surface area contributed by atoms with E-state index in [9.17, 15) is 19.5 Å². The second-order valence-corrected chi connectivity index (χ2v) is 13.3. The zero-order valence-electron chi connectivity index (χ0n) is 26.7. The van der Waals surface area contributed by atoms with Crippen molar-refractivity contribution in [2.45, 2.75) is 50.9 Å². The van der Waals surface area contributed by atoms with Crippen molar-refractivity contribution in [3.63, 3.8) is 0 Å². The second kappa shape index (κ2) is 11.7. The Kier molecular flexibility index (Phi) is 7.62. The summed E-state index contributed by atoms with van der Waals surface area (Å²) >= 11 is 0. The fraction of sp³-hybridized carbons (Fsp3) is 0.333. The third kappa shape index (κ3) is 4.48. The molecule has 0 spiro atoms. The Morgan fingerprint density at radius 2 is 1.68 bits per heavy atom. The number of para-hydroxylation sites is 1. The van der Waals surface area contributed by atoms with Gasteiger partial charge in [-0.15, -0.1) is 6.58 Å². The van der Waals surface area contributed by atoms with E-state index in [0.29, 0.717) is 48.2 Å². The first-order valence-corrected chi connectivity index (χ1v) is 16.5. The molecule has 6 atom stereocenters. The smallest absolute Gasteiger partial charge is 0.260 e. The Bertz CT molecular complexity index is 1820. The highest BCUT2D eigenvalue weighted by Crippen LogP contribution is 2.65. The number of fused-ring (bicyclic) bond motifs is 4. The topological polar surface area (TPSA) is 107 Å². The third-order valence-electron chi connectivity index (χ3n) is 10.8. The molecule has 47 heavy (non-hydrogen) atoms. The summed E-state index contributed by atoms with van der Waals surface area (Å²) in [5, 5.41) is 13.0. The van der Waals surface area contributed by atoms with E-state index in [2.05, 4.69) is 12.0 Å². The number of aryl methyl sites for hydroxylation is 1. The molecule has 3 aromatic rings. The molecule has 1 saturated carbocycles. The molecule has 0 bridgehead atoms. The number of amides is 4. The lowest BCUT2D eigenvalue weighted by molar-refractivity contribution is -0.141. The van der Waals surface area contributed by atoms with E-state index in [1.807, 2.05) is 92.7 Å². The molecule has 8 heteroatoms. The molecule has 4 amide bonds. The monoisotopic (exact) mass is 629 g/mol. The van der Waals surface area contributed by atoms with Crippen molar-refractivity contribution < 1.29 is 24.3 Å². The van der Waals surface area contributed by atoms with Gasteiger partial charge in [-0.2, -0.15) is 5.01 Å². The van der Waals surface area contributed by atoms with E-state index in [1.54, 1.807) is 6.08 Å². The number of imide groups is 2. The van der Waals surface area contributed by atoms with Gasteiger partial charge in [0.2, 0.25) is 11.8 Å². The quantitative estimate of drug-likeness (QED) is 0.240. The van der Waals surface area contributed by atoms with Gasteiger partial charge in [0.1, 0.15) is 5.75 Å². The number of carbonyl (C=O) groups excluding carboxylic acids is 4. The van der Waals surface area contributed by atoms with Gasteiger partial charge >= 0.3 is 0 Å². The zero-order valence-corrected chi connectivity index (χ0v) is 26.7. The van der Waals surface area contributed by atoms with Gasteiger partial charge in [0.05, 0.1) is 28.9 Å². The van der Waals surface area contributed by atoms with Gasteiger partial charge in [-0.25, -0.2) is 0 Å². The standard InChI is InChI=1S/C39H39N3O5/c1-4-10-24-11-9-14-29(34(24)43)33-27-19-20-28-32(37(46)41(21-5-2)35(28)44)30(27)22-31-36(45)42(40-26-17-15-23(3)16-18-26)38(47)39(31,33)25-12-7-6-8-13-25/h4,6-9,11-19,28,30-33,40,43H,1,5,10,20-22H2,2-3H3. The first-order valence-electron chi connectivity index (χ1n) is 16.5. The van der Waals surface area contributed by atoms with Crippen LogP contribution in [-0.2, 0) is 31.0 Å². The summed E-state index contributed by atoms with van der Waals surface area (Å²) in [5.74, 6) is -4.39. The summed E-state index contributed by atoms with van der Waals surface area (Å²) in [4.78, 5) is 58.8. The molecule has 6 unspecified atom stereocenters. The van der Waals surface area contributed by atoms with Crippen molar-refractivity contribution in [3.8, 4) is 5.75 Å². The van der Waals surface area contributed by atoms with Gasteiger partial charge in [0, 0.05) is 18.0 Å². The van der Waals surface area contributed by atoms with Crippen molar-refractivity contribution in [2.24, 2.45) is 23.7 Å². The van der Waals surface area contributed by atoms with Crippen molar-refractivity contribution in [2.75, 3.05) is 12.0 Å². The highest BCUT2D eigenvalue weighted by atomic mass is 16.3. The van der Waals surface area contributed by atoms with Crippen molar-refractivity contribution in [3.05, 3.63) is 119 Å². The van der Waals surface area contributed by atoms with Crippen LogP contribution < -0.4 is 5.43 Å². The normalized spacial score (nSPS) is 28.1. The second-order valence-electron chi connectivity index (χ2n) is 13.3. The molecule has 2 aliphatic heterocycles. The van der Waals surface area contributed by atoms with Gasteiger partial charge in [-0.3, -0.25) is 29.5 Å². The fourth-order valence-corrected chi connectivity index (χ4v) is 8.77. The molecule has 7 rings (SSSR count). The van der Waals surface area contributed by atoms with Crippen LogP contribution in [0.2, 0.25) is 0 Å². The number of benzene rings is 3. The largest absolute Gasteiger partial charge is 0.507 e. The summed E-state index contributed by atoms with van der Waals surface area (Å²) in [6, 6.07) is 22.3. The van der Waals surface area contributed by atoms with Crippen molar-refractivity contribution in [1.29, 1.82) is 0 Å². The van der Waals surface area contributed by atoms with Gasteiger partial charge in [0.25, 0.3) is 11.8 Å². The number of likely N-dealkylation sites (tertiary alicyclic amines) is 1. The number of hydrogen-bond donors (Lipinski definition) is 2. The summed E-state index contributed by atoms with van der Waals surface area (Å²) in [5.41, 5.74) is 5.99. The minimum atomic E-state index is -1.43. The molecular weight excluding hydrogens is 590 g/mol. The maximum absolute atomic E-state index is 15.2. The van der Waals surface area contributed by atoms with Crippen LogP contribution in [0.15, 0.2) is 97.1 Å². The molecular formula is C39H39N3O5. The predicted octanol–water partition coefficient (Wildman–Crippen LogP) is 5.82. The number of carbonyl (C=O) groups is 4. The Hall–Kier alpha value is -4.98. The number of nitrogens with one attached hydrogen (secondary N) is 1. The summed E-state index contributed by atoms with van der Waals surface area (Å²) in [7, 11) is 0. The molecule has 3 aromatic carbocycles. The van der Waals surface area contributed by atoms with E-state index in [0.717, 1.165) is 16.1 Å². The number of rotatable bonds is 8. The van der Waals surface area contributed by atoms with Gasteiger partial charge in [-0.1, -0.05) is 90.9 Å². The molecule has 2 N–H and O–H groups in total. The zero-order chi connectivity index (χ0) is 33.0. The molecule has 0 aromatic heterocycles. The first kappa shape index (κ1) is 30.7. The van der Waals surface area contributed by atoms with Gasteiger partial charge in [-0.05, 0) is 61.8 Å². The number of allylic oxidation sites excluding steroid dienone is 3. The Balaban J connectivity index is 1.47. The highest BCUT2D eigenvalue weighted by molar-refractivity contribution is 6.13. The Morgan fingerprint density at radius 1 is 0.936 bits per heavy atom. The van der Waals surface area contributed by atoms with E-state index in [4.69, 9.17) is 0 Å². The van der Waals surface area contributed by atoms with E-state index >= 15 is 4.79 Å². The molecule has 2 aliphatic carbocycles. The molecule has 0 radical (unpaired) electrons. The number of phenols is 1. The van der Waals surface area contributed by atoms with Gasteiger partial charge in [0.15, 0.2) is 0 Å². The maximum atomic E-state index is 15.2. The minimum Gasteiger partial charge on any atom is -0.507 e. The van der Waals surface area contributed by atoms with Gasteiger partial charge < -0.3 is 5.11 Å². The van der Waals surface area contributed by atoms with E-state index < -0.39 is 46.8 Å². The molecule has 240 valence electrons. The lowest BCUT2D eigenvalue weighted by Crippen LogP contribution is -2.53. The SMILES string of the molecule is C=CCc1cccc(C2C3=CCC4C(=O)N(CCC)C(=O)C4C3CC3C(=O)N(Nc4ccc(C)cc4)C(=O)C32c2ccccc2)c1O. The molecule has 4 aliphatic rings. The number of hydrogen-bond acceptors (Lipinski definition) is 6.